The van der Waals surface area contributed by atoms with Crippen molar-refractivity contribution in [1.29, 1.82) is 0 Å². The summed E-state index contributed by atoms with van der Waals surface area (Å²) in [4.78, 5) is 11.1. The van der Waals surface area contributed by atoms with Crippen LogP contribution in [-0.4, -0.2) is 18.6 Å². The van der Waals surface area contributed by atoms with Crippen LogP contribution in [0.4, 0.5) is 0 Å². The van der Waals surface area contributed by atoms with E-state index >= 15 is 0 Å². The Bertz CT molecular complexity index is 132. The third-order valence-corrected chi connectivity index (χ3v) is 1.89. The fraction of sp³-hybridized carbons (Fsp3) is 0.778. The summed E-state index contributed by atoms with van der Waals surface area (Å²) < 4.78 is 4.80. The van der Waals surface area contributed by atoms with Gasteiger partial charge in [-0.1, -0.05) is 13.8 Å². The van der Waals surface area contributed by atoms with Gasteiger partial charge in [0.1, 0.15) is 6.04 Å². The second-order valence-electron chi connectivity index (χ2n) is 2.60. The Morgan fingerprint density at radius 3 is 2.17 bits per heavy atom. The molecule has 0 fully saturated rings. The minimum atomic E-state index is -0.528. The molecule has 0 bridgehead atoms. The minimum Gasteiger partial charge on any atom is -0.465 e. The lowest BCUT2D eigenvalue weighted by Gasteiger charge is -2.18. The van der Waals surface area contributed by atoms with E-state index in [0.717, 1.165) is 18.8 Å². The molecule has 0 amide bonds. The third-order valence-electron chi connectivity index (χ3n) is 1.89. The zero-order valence-electron chi connectivity index (χ0n) is 8.09. The zero-order valence-corrected chi connectivity index (χ0v) is 8.09. The summed E-state index contributed by atoms with van der Waals surface area (Å²) in [5.41, 5.74) is 5.66. The fourth-order valence-electron chi connectivity index (χ4n) is 1.09. The monoisotopic (exact) mass is 172 g/mol. The number of esters is 1. The molecule has 0 saturated carbocycles. The van der Waals surface area contributed by atoms with Gasteiger partial charge in [0.2, 0.25) is 0 Å². The van der Waals surface area contributed by atoms with Gasteiger partial charge in [-0.15, -0.1) is 0 Å². The molecule has 0 spiro atoms. The molecule has 0 aromatic heterocycles. The largest absolute Gasteiger partial charge is 0.465 e. The first-order valence-electron chi connectivity index (χ1n) is 4.44. The minimum absolute atomic E-state index is 0.309. The number of nitrogens with two attached hydrogens (primary N) is 1. The standard InChI is InChI=1S/C9H18NO2/c1-4-7(5-2)8(10)9(11)12-6-3/h8H,4-6,10H2,1-3H3. The highest BCUT2D eigenvalue weighted by Crippen LogP contribution is 2.14. The van der Waals surface area contributed by atoms with Crippen LogP contribution >= 0.6 is 0 Å². The second-order valence-corrected chi connectivity index (χ2v) is 2.60. The van der Waals surface area contributed by atoms with Crippen molar-refractivity contribution in [3.05, 3.63) is 5.92 Å². The molecule has 0 heterocycles. The number of carbonyl (C=O) groups is 1. The second kappa shape index (κ2) is 6.00. The molecular weight excluding hydrogens is 154 g/mol. The van der Waals surface area contributed by atoms with Crippen molar-refractivity contribution in [3.8, 4) is 0 Å². The average molecular weight is 172 g/mol. The highest BCUT2D eigenvalue weighted by molar-refractivity contribution is 5.78. The molecule has 0 saturated heterocycles. The summed E-state index contributed by atoms with van der Waals surface area (Å²) in [6.07, 6.45) is 1.69. The maximum absolute atomic E-state index is 11.1. The van der Waals surface area contributed by atoms with Crippen molar-refractivity contribution in [2.75, 3.05) is 6.61 Å². The SMILES string of the molecule is CCOC(=O)C(N)[C](CC)CC. The van der Waals surface area contributed by atoms with Crippen molar-refractivity contribution in [2.45, 2.75) is 39.7 Å². The number of carbonyl (C=O) groups excluding carboxylic acids is 1. The Kier molecular flexibility index (Phi) is 5.72. The van der Waals surface area contributed by atoms with E-state index in [1.807, 2.05) is 13.8 Å². The lowest BCUT2D eigenvalue weighted by Crippen LogP contribution is -2.37. The molecule has 0 aliphatic rings. The summed E-state index contributed by atoms with van der Waals surface area (Å²) in [5.74, 6) is 0.740. The van der Waals surface area contributed by atoms with Gasteiger partial charge in [0.25, 0.3) is 0 Å². The fourth-order valence-corrected chi connectivity index (χ4v) is 1.09. The van der Waals surface area contributed by atoms with Crippen LogP contribution in [0.3, 0.4) is 0 Å². The van der Waals surface area contributed by atoms with Gasteiger partial charge in [-0.3, -0.25) is 4.79 Å². The maximum atomic E-state index is 11.1. The molecule has 0 rings (SSSR count). The number of rotatable bonds is 5. The molecule has 0 aromatic rings. The molecule has 1 radical (unpaired) electrons. The molecule has 0 aliphatic heterocycles. The summed E-state index contributed by atoms with van der Waals surface area (Å²) in [6, 6.07) is -0.528. The van der Waals surface area contributed by atoms with E-state index in [-0.39, 0.29) is 5.97 Å². The molecule has 3 nitrogen and oxygen atoms in total. The number of hydrogen-bond acceptors (Lipinski definition) is 3. The van der Waals surface area contributed by atoms with E-state index in [4.69, 9.17) is 10.5 Å². The van der Waals surface area contributed by atoms with Crippen molar-refractivity contribution in [1.82, 2.24) is 0 Å². The van der Waals surface area contributed by atoms with E-state index < -0.39 is 6.04 Å². The first-order valence-corrected chi connectivity index (χ1v) is 4.44. The molecule has 2 N–H and O–H groups in total. The first-order chi connectivity index (χ1) is 5.67. The molecule has 71 valence electrons. The summed E-state index contributed by atoms with van der Waals surface area (Å²) in [7, 11) is 0. The highest BCUT2D eigenvalue weighted by atomic mass is 16.5. The van der Waals surface area contributed by atoms with Crippen LogP contribution in [0, 0.1) is 5.92 Å². The van der Waals surface area contributed by atoms with Gasteiger partial charge in [0.15, 0.2) is 0 Å². The van der Waals surface area contributed by atoms with E-state index in [2.05, 4.69) is 0 Å². The topological polar surface area (TPSA) is 52.3 Å². The van der Waals surface area contributed by atoms with Crippen LogP contribution in [0.15, 0.2) is 0 Å². The zero-order chi connectivity index (χ0) is 9.56. The molecule has 3 heteroatoms. The van der Waals surface area contributed by atoms with Gasteiger partial charge in [-0.05, 0) is 19.8 Å². The predicted molar refractivity (Wildman–Crippen MR) is 48.4 cm³/mol. The Morgan fingerprint density at radius 1 is 1.33 bits per heavy atom. The van der Waals surface area contributed by atoms with Crippen molar-refractivity contribution in [2.24, 2.45) is 5.73 Å². The van der Waals surface area contributed by atoms with E-state index in [1.165, 1.54) is 0 Å². The van der Waals surface area contributed by atoms with Gasteiger partial charge in [-0.25, -0.2) is 0 Å². The number of hydrogen-bond donors (Lipinski definition) is 1. The van der Waals surface area contributed by atoms with Gasteiger partial charge in [0, 0.05) is 5.92 Å². The van der Waals surface area contributed by atoms with E-state index in [0.29, 0.717) is 6.61 Å². The van der Waals surface area contributed by atoms with E-state index in [1.54, 1.807) is 6.92 Å². The maximum Gasteiger partial charge on any atom is 0.323 e. The van der Waals surface area contributed by atoms with Crippen LogP contribution < -0.4 is 5.73 Å². The van der Waals surface area contributed by atoms with Crippen LogP contribution in [-0.2, 0) is 9.53 Å². The molecular formula is C9H18NO2. The molecule has 1 unspecified atom stereocenters. The molecule has 0 aliphatic carbocycles. The van der Waals surface area contributed by atoms with Crippen molar-refractivity contribution >= 4 is 5.97 Å². The van der Waals surface area contributed by atoms with Crippen LogP contribution in [0.1, 0.15) is 33.6 Å². The first kappa shape index (κ1) is 11.4. The van der Waals surface area contributed by atoms with E-state index in [9.17, 15) is 4.79 Å². The van der Waals surface area contributed by atoms with Crippen LogP contribution in [0.5, 0.6) is 0 Å². The molecule has 1 atom stereocenters. The average Bonchev–Trinajstić information content (AvgIpc) is 2.07. The van der Waals surface area contributed by atoms with Crippen LogP contribution in [0.25, 0.3) is 0 Å². The number of ether oxygens (including phenoxy) is 1. The van der Waals surface area contributed by atoms with Gasteiger partial charge >= 0.3 is 5.97 Å². The van der Waals surface area contributed by atoms with Gasteiger partial charge < -0.3 is 10.5 Å². The normalized spacial score (nSPS) is 13.1. The predicted octanol–water partition coefficient (Wildman–Crippen LogP) is 1.27. The molecule has 12 heavy (non-hydrogen) atoms. The summed E-state index contributed by atoms with van der Waals surface area (Å²) in [6.45, 7) is 6.17. The van der Waals surface area contributed by atoms with Gasteiger partial charge in [0.05, 0.1) is 6.61 Å². The van der Waals surface area contributed by atoms with Crippen molar-refractivity contribution in [3.63, 3.8) is 0 Å². The Labute approximate surface area is 74.3 Å². The Morgan fingerprint density at radius 2 is 1.83 bits per heavy atom. The Balaban J connectivity index is 3.96. The van der Waals surface area contributed by atoms with Crippen LogP contribution in [0.2, 0.25) is 0 Å². The van der Waals surface area contributed by atoms with Crippen molar-refractivity contribution < 1.29 is 9.53 Å². The smallest absolute Gasteiger partial charge is 0.323 e. The Hall–Kier alpha value is -0.570. The molecule has 0 aromatic carbocycles. The lowest BCUT2D eigenvalue weighted by atomic mass is 9.95. The lowest BCUT2D eigenvalue weighted by molar-refractivity contribution is -0.144. The third kappa shape index (κ3) is 3.22. The summed E-state index contributed by atoms with van der Waals surface area (Å²) >= 11 is 0. The quantitative estimate of drug-likeness (QED) is 0.635. The highest BCUT2D eigenvalue weighted by Gasteiger charge is 2.22. The van der Waals surface area contributed by atoms with Gasteiger partial charge in [-0.2, -0.15) is 0 Å². The summed E-state index contributed by atoms with van der Waals surface area (Å²) in [5, 5.41) is 0.